The van der Waals surface area contributed by atoms with E-state index in [-0.39, 0.29) is 11.6 Å². The molecule has 0 saturated heterocycles. The van der Waals surface area contributed by atoms with Crippen LogP contribution in [0.2, 0.25) is 0 Å². The largest absolute Gasteiger partial charge is 0.416 e. The number of hydrogen-bond donors (Lipinski definition) is 0. The van der Waals surface area contributed by atoms with Crippen molar-refractivity contribution in [3.63, 3.8) is 0 Å². The standard InChI is InChI=1S/C16H16F6/c1-2-3-4-5-6-7-8-12-9-13(15(17,18)19)11-14(10-12)16(20,21)22/h5-11H,2-4H2,1H3/b6-5+,8-7+. The summed E-state index contributed by atoms with van der Waals surface area (Å²) < 4.78 is 76.0. The Bertz CT molecular complexity index is 502. The fourth-order valence-corrected chi connectivity index (χ4v) is 1.74. The second-order valence-corrected chi connectivity index (χ2v) is 4.77. The summed E-state index contributed by atoms with van der Waals surface area (Å²) in [6.45, 7) is 2.02. The van der Waals surface area contributed by atoms with Crippen molar-refractivity contribution in [3.8, 4) is 0 Å². The fraction of sp³-hybridized carbons (Fsp3) is 0.375. The molecule has 0 aromatic heterocycles. The number of alkyl halides is 6. The van der Waals surface area contributed by atoms with Gasteiger partial charge in [-0.25, -0.2) is 0 Å². The van der Waals surface area contributed by atoms with Gasteiger partial charge in [0.25, 0.3) is 0 Å². The fourth-order valence-electron chi connectivity index (χ4n) is 1.74. The van der Waals surface area contributed by atoms with E-state index in [0.717, 1.165) is 19.3 Å². The van der Waals surface area contributed by atoms with E-state index in [4.69, 9.17) is 0 Å². The first-order chi connectivity index (χ1) is 10.1. The lowest BCUT2D eigenvalue weighted by molar-refractivity contribution is -0.143. The van der Waals surface area contributed by atoms with E-state index in [0.29, 0.717) is 12.1 Å². The highest BCUT2D eigenvalue weighted by Gasteiger charge is 2.36. The van der Waals surface area contributed by atoms with Crippen LogP contribution in [0, 0.1) is 0 Å². The third-order valence-corrected chi connectivity index (χ3v) is 2.87. The van der Waals surface area contributed by atoms with Crippen molar-refractivity contribution >= 4 is 6.08 Å². The zero-order valence-electron chi connectivity index (χ0n) is 11.9. The molecule has 0 nitrogen and oxygen atoms in total. The molecule has 0 unspecified atom stereocenters. The SMILES string of the molecule is CCCC/C=C/C=C/c1cc(C(F)(F)F)cc(C(F)(F)F)c1. The zero-order valence-corrected chi connectivity index (χ0v) is 11.9. The van der Waals surface area contributed by atoms with Crippen LogP contribution in [0.15, 0.2) is 36.4 Å². The smallest absolute Gasteiger partial charge is 0.166 e. The van der Waals surface area contributed by atoms with Gasteiger partial charge in [0.15, 0.2) is 0 Å². The van der Waals surface area contributed by atoms with Crippen molar-refractivity contribution in [2.45, 2.75) is 38.5 Å². The number of halogens is 6. The molecule has 0 N–H and O–H groups in total. The average molecular weight is 322 g/mol. The van der Waals surface area contributed by atoms with Crippen LogP contribution in [-0.2, 0) is 12.4 Å². The summed E-state index contributed by atoms with van der Waals surface area (Å²) >= 11 is 0. The second-order valence-electron chi connectivity index (χ2n) is 4.77. The Labute approximate surface area is 125 Å². The van der Waals surface area contributed by atoms with Gasteiger partial charge in [0.1, 0.15) is 0 Å². The molecule has 1 rings (SSSR count). The van der Waals surface area contributed by atoms with Crippen LogP contribution in [0.5, 0.6) is 0 Å². The average Bonchev–Trinajstić information content (AvgIpc) is 2.40. The zero-order chi connectivity index (χ0) is 16.8. The molecule has 0 fully saturated rings. The van der Waals surface area contributed by atoms with Crippen molar-refractivity contribution < 1.29 is 26.3 Å². The maximum atomic E-state index is 12.7. The molecule has 0 saturated carbocycles. The van der Waals surface area contributed by atoms with Gasteiger partial charge < -0.3 is 0 Å². The third-order valence-electron chi connectivity index (χ3n) is 2.87. The van der Waals surface area contributed by atoms with Crippen LogP contribution in [0.3, 0.4) is 0 Å². The van der Waals surface area contributed by atoms with Gasteiger partial charge >= 0.3 is 12.4 Å². The first-order valence-corrected chi connectivity index (χ1v) is 6.77. The predicted octanol–water partition coefficient (Wildman–Crippen LogP) is 6.48. The molecule has 0 atom stereocenters. The maximum Gasteiger partial charge on any atom is 0.416 e. The molecule has 0 amide bonds. The predicted molar refractivity (Wildman–Crippen MR) is 74.1 cm³/mol. The topological polar surface area (TPSA) is 0 Å². The van der Waals surface area contributed by atoms with E-state index in [1.165, 1.54) is 12.2 Å². The summed E-state index contributed by atoms with van der Waals surface area (Å²) in [4.78, 5) is 0. The van der Waals surface area contributed by atoms with E-state index < -0.39 is 23.5 Å². The van der Waals surface area contributed by atoms with Crippen molar-refractivity contribution in [3.05, 3.63) is 53.1 Å². The van der Waals surface area contributed by atoms with E-state index in [2.05, 4.69) is 0 Å². The summed E-state index contributed by atoms with van der Waals surface area (Å²) in [6, 6.07) is 1.52. The van der Waals surface area contributed by atoms with Gasteiger partial charge in [-0.15, -0.1) is 0 Å². The molecule has 0 heterocycles. The molecule has 0 radical (unpaired) electrons. The molecule has 1 aromatic rings. The first kappa shape index (κ1) is 18.3. The summed E-state index contributed by atoms with van der Waals surface area (Å²) in [5.41, 5.74) is -2.75. The number of benzene rings is 1. The van der Waals surface area contributed by atoms with Crippen molar-refractivity contribution in [2.75, 3.05) is 0 Å². The van der Waals surface area contributed by atoms with E-state index in [9.17, 15) is 26.3 Å². The van der Waals surface area contributed by atoms with Gasteiger partial charge in [-0.05, 0) is 30.2 Å². The second kappa shape index (κ2) is 7.51. The minimum absolute atomic E-state index is 0.119. The van der Waals surface area contributed by atoms with Gasteiger partial charge in [0.05, 0.1) is 11.1 Å². The molecule has 1 aromatic carbocycles. The molecule has 0 bridgehead atoms. The number of unbranched alkanes of at least 4 members (excludes halogenated alkanes) is 2. The highest BCUT2D eigenvalue weighted by molar-refractivity contribution is 5.54. The summed E-state index contributed by atoms with van der Waals surface area (Å²) in [7, 11) is 0. The van der Waals surface area contributed by atoms with Crippen molar-refractivity contribution in [1.29, 1.82) is 0 Å². The van der Waals surface area contributed by atoms with Gasteiger partial charge in [-0.3, -0.25) is 0 Å². The highest BCUT2D eigenvalue weighted by Crippen LogP contribution is 2.36. The van der Waals surface area contributed by atoms with Crippen LogP contribution in [0.25, 0.3) is 6.08 Å². The lowest BCUT2D eigenvalue weighted by Crippen LogP contribution is -2.11. The quantitative estimate of drug-likeness (QED) is 0.330. The molecule has 0 aliphatic carbocycles. The van der Waals surface area contributed by atoms with Gasteiger partial charge in [0, 0.05) is 0 Å². The van der Waals surface area contributed by atoms with Crippen LogP contribution >= 0.6 is 0 Å². The molecule has 6 heteroatoms. The summed E-state index contributed by atoms with van der Waals surface area (Å²) in [5, 5.41) is 0. The molecule has 22 heavy (non-hydrogen) atoms. The molecular weight excluding hydrogens is 306 g/mol. The molecule has 0 aliphatic heterocycles. The molecule has 0 spiro atoms. The van der Waals surface area contributed by atoms with Crippen LogP contribution in [0.1, 0.15) is 42.9 Å². The lowest BCUT2D eigenvalue weighted by atomic mass is 10.0. The minimum Gasteiger partial charge on any atom is -0.166 e. The Balaban J connectivity index is 3.04. The normalized spacial score (nSPS) is 13.4. The Morgan fingerprint density at radius 1 is 0.864 bits per heavy atom. The number of allylic oxidation sites excluding steroid dienone is 3. The van der Waals surface area contributed by atoms with Gasteiger partial charge in [-0.1, -0.05) is 44.1 Å². The van der Waals surface area contributed by atoms with E-state index in [1.54, 1.807) is 6.08 Å². The number of hydrogen-bond acceptors (Lipinski definition) is 0. The minimum atomic E-state index is -4.82. The first-order valence-electron chi connectivity index (χ1n) is 6.77. The monoisotopic (exact) mass is 322 g/mol. The summed E-state index contributed by atoms with van der Waals surface area (Å²) in [5.74, 6) is 0. The molecule has 0 aliphatic rings. The Morgan fingerprint density at radius 2 is 1.41 bits per heavy atom. The maximum absolute atomic E-state index is 12.7. The van der Waals surface area contributed by atoms with Crippen molar-refractivity contribution in [2.24, 2.45) is 0 Å². The summed E-state index contributed by atoms with van der Waals surface area (Å²) in [6.07, 6.45) is -0.735. The highest BCUT2D eigenvalue weighted by atomic mass is 19.4. The van der Waals surface area contributed by atoms with Crippen molar-refractivity contribution in [1.82, 2.24) is 0 Å². The van der Waals surface area contributed by atoms with Crippen LogP contribution < -0.4 is 0 Å². The molecule has 122 valence electrons. The van der Waals surface area contributed by atoms with Crippen LogP contribution in [-0.4, -0.2) is 0 Å². The Hall–Kier alpha value is -1.72. The number of rotatable bonds is 5. The molecular formula is C16H16F6. The lowest BCUT2D eigenvalue weighted by Gasteiger charge is -2.12. The van der Waals surface area contributed by atoms with Gasteiger partial charge in [-0.2, -0.15) is 26.3 Å². The van der Waals surface area contributed by atoms with Crippen LogP contribution in [0.4, 0.5) is 26.3 Å². The van der Waals surface area contributed by atoms with E-state index >= 15 is 0 Å². The van der Waals surface area contributed by atoms with E-state index in [1.807, 2.05) is 13.0 Å². The van der Waals surface area contributed by atoms with Gasteiger partial charge in [0.2, 0.25) is 0 Å². The third kappa shape index (κ3) is 5.95. The Morgan fingerprint density at radius 3 is 1.86 bits per heavy atom. The Kier molecular flexibility index (Phi) is 6.26.